The Morgan fingerprint density at radius 3 is 1.85 bits per heavy atom. The van der Waals surface area contributed by atoms with E-state index in [1.807, 2.05) is 0 Å². The van der Waals surface area contributed by atoms with E-state index in [2.05, 4.69) is 0 Å². The summed E-state index contributed by atoms with van der Waals surface area (Å²) in [6.07, 6.45) is -11.1. The topological polar surface area (TPSA) is 38.0 Å². The monoisotopic (exact) mass is 300 g/mol. The number of benzene rings is 1. The van der Waals surface area contributed by atoms with Crippen LogP contribution in [0, 0.1) is 5.92 Å². The van der Waals surface area contributed by atoms with Crippen molar-refractivity contribution in [2.45, 2.75) is 31.2 Å². The Morgan fingerprint density at radius 2 is 1.45 bits per heavy atom. The number of nitrogens with two attached hydrogens (primary N) is 1. The van der Waals surface area contributed by atoms with Crippen LogP contribution in [-0.4, -0.2) is 18.4 Å². The third-order valence-corrected chi connectivity index (χ3v) is 2.91. The van der Waals surface area contributed by atoms with Gasteiger partial charge in [-0.05, 0) is 18.4 Å². The van der Waals surface area contributed by atoms with Crippen LogP contribution < -0.4 is 11.3 Å². The maximum atomic E-state index is 12.6. The van der Waals surface area contributed by atoms with Crippen LogP contribution >= 0.6 is 0 Å². The molecule has 20 heavy (non-hydrogen) atoms. The number of hydrogen-bond donors (Lipinski definition) is 2. The van der Waals surface area contributed by atoms with Crippen LogP contribution in [0.15, 0.2) is 30.3 Å². The van der Waals surface area contributed by atoms with E-state index < -0.39 is 24.3 Å². The van der Waals surface area contributed by atoms with Gasteiger partial charge in [-0.15, -0.1) is 0 Å². The fraction of sp³-hybridized carbons (Fsp3) is 0.500. The second-order valence-electron chi connectivity index (χ2n) is 4.36. The van der Waals surface area contributed by atoms with Crippen LogP contribution in [0.3, 0.4) is 0 Å². The molecule has 0 saturated carbocycles. The molecule has 0 saturated heterocycles. The van der Waals surface area contributed by atoms with E-state index in [0.29, 0.717) is 5.56 Å². The van der Waals surface area contributed by atoms with Crippen LogP contribution in [0.4, 0.5) is 26.3 Å². The molecule has 1 aromatic rings. The number of aryl methyl sites for hydroxylation is 1. The molecule has 1 aromatic carbocycles. The lowest BCUT2D eigenvalue weighted by molar-refractivity contribution is -0.292. The molecule has 0 bridgehead atoms. The first-order chi connectivity index (χ1) is 9.16. The molecule has 1 atom stereocenters. The third kappa shape index (κ3) is 4.68. The molecule has 1 rings (SSSR count). The predicted octanol–water partition coefficient (Wildman–Crippen LogP) is 3.19. The number of halogens is 6. The number of hydrazine groups is 1. The molecule has 3 N–H and O–H groups in total. The summed E-state index contributed by atoms with van der Waals surface area (Å²) in [6, 6.07) is 6.36. The Kier molecular flexibility index (Phi) is 5.41. The van der Waals surface area contributed by atoms with Gasteiger partial charge >= 0.3 is 12.4 Å². The van der Waals surface area contributed by atoms with Gasteiger partial charge in [0.25, 0.3) is 0 Å². The van der Waals surface area contributed by atoms with Gasteiger partial charge in [-0.25, -0.2) is 0 Å². The molecular formula is C12H14F6N2. The first kappa shape index (κ1) is 16.8. The fourth-order valence-corrected chi connectivity index (χ4v) is 1.95. The minimum absolute atomic E-state index is 0.0678. The van der Waals surface area contributed by atoms with Crippen molar-refractivity contribution >= 4 is 0 Å². The third-order valence-electron chi connectivity index (χ3n) is 2.91. The molecule has 0 radical (unpaired) electrons. The van der Waals surface area contributed by atoms with Crippen molar-refractivity contribution in [3.63, 3.8) is 0 Å². The summed E-state index contributed by atoms with van der Waals surface area (Å²) in [5.41, 5.74) is 2.29. The molecule has 0 spiro atoms. The van der Waals surface area contributed by atoms with E-state index in [9.17, 15) is 26.3 Å². The Hall–Kier alpha value is -1.28. The van der Waals surface area contributed by atoms with E-state index >= 15 is 0 Å². The van der Waals surface area contributed by atoms with Crippen molar-refractivity contribution in [2.24, 2.45) is 11.8 Å². The van der Waals surface area contributed by atoms with Crippen LogP contribution in [0.1, 0.15) is 12.0 Å². The number of hydrogen-bond acceptors (Lipinski definition) is 2. The van der Waals surface area contributed by atoms with Crippen molar-refractivity contribution in [1.82, 2.24) is 5.43 Å². The first-order valence-electron chi connectivity index (χ1n) is 5.79. The highest BCUT2D eigenvalue weighted by atomic mass is 19.4. The largest absolute Gasteiger partial charge is 0.402 e. The van der Waals surface area contributed by atoms with E-state index in [1.165, 1.54) is 0 Å². The van der Waals surface area contributed by atoms with Crippen molar-refractivity contribution in [2.75, 3.05) is 0 Å². The number of alkyl halides is 6. The summed E-state index contributed by atoms with van der Waals surface area (Å²) >= 11 is 0. The second kappa shape index (κ2) is 6.45. The lowest BCUT2D eigenvalue weighted by atomic mass is 9.93. The van der Waals surface area contributed by atoms with Gasteiger partial charge < -0.3 is 0 Å². The van der Waals surface area contributed by atoms with E-state index in [1.54, 1.807) is 35.8 Å². The molecule has 0 aromatic heterocycles. The molecule has 0 aliphatic carbocycles. The molecule has 0 amide bonds. The normalized spacial score (nSPS) is 14.6. The highest BCUT2D eigenvalue weighted by Gasteiger charge is 2.59. The van der Waals surface area contributed by atoms with Gasteiger partial charge in [-0.2, -0.15) is 26.3 Å². The van der Waals surface area contributed by atoms with Crippen LogP contribution in [0.25, 0.3) is 0 Å². The highest BCUT2D eigenvalue weighted by molar-refractivity contribution is 5.15. The van der Waals surface area contributed by atoms with E-state index in [-0.39, 0.29) is 12.8 Å². The van der Waals surface area contributed by atoms with E-state index in [0.717, 1.165) is 0 Å². The zero-order chi connectivity index (χ0) is 15.4. The smallest absolute Gasteiger partial charge is 0.271 e. The maximum absolute atomic E-state index is 12.6. The zero-order valence-electron chi connectivity index (χ0n) is 10.3. The molecule has 0 fully saturated rings. The van der Waals surface area contributed by atoms with Gasteiger partial charge in [0.1, 0.15) is 0 Å². The molecular weight excluding hydrogens is 286 g/mol. The summed E-state index contributed by atoms with van der Waals surface area (Å²) in [5.74, 6) is 1.40. The summed E-state index contributed by atoms with van der Waals surface area (Å²) in [6.45, 7) is 0. The van der Waals surface area contributed by atoms with Gasteiger partial charge in [-0.1, -0.05) is 30.3 Å². The van der Waals surface area contributed by atoms with Crippen molar-refractivity contribution < 1.29 is 26.3 Å². The molecule has 0 aliphatic heterocycles. The average Bonchev–Trinajstić information content (AvgIpc) is 2.32. The Morgan fingerprint density at radius 1 is 0.950 bits per heavy atom. The Balaban J connectivity index is 2.82. The van der Waals surface area contributed by atoms with Gasteiger partial charge in [0.2, 0.25) is 0 Å². The molecule has 1 unspecified atom stereocenters. The minimum Gasteiger partial charge on any atom is -0.271 e. The quantitative estimate of drug-likeness (QED) is 0.498. The summed E-state index contributed by atoms with van der Waals surface area (Å²) in [5, 5.41) is 0. The Labute approximate surface area is 111 Å². The molecule has 2 nitrogen and oxygen atoms in total. The standard InChI is InChI=1S/C12H14F6N2/c13-11(14,15)10(12(16,17)18)9(20-19)7-6-8-4-2-1-3-5-8/h1-5,9-10,20H,6-7,19H2. The van der Waals surface area contributed by atoms with Crippen molar-refractivity contribution in [1.29, 1.82) is 0 Å². The fourth-order valence-electron chi connectivity index (χ4n) is 1.95. The van der Waals surface area contributed by atoms with Crippen molar-refractivity contribution in [3.8, 4) is 0 Å². The lowest BCUT2D eigenvalue weighted by Gasteiger charge is -2.30. The highest BCUT2D eigenvalue weighted by Crippen LogP contribution is 2.42. The van der Waals surface area contributed by atoms with Gasteiger partial charge in [0.15, 0.2) is 5.92 Å². The van der Waals surface area contributed by atoms with Crippen LogP contribution in [0.5, 0.6) is 0 Å². The summed E-state index contributed by atoms with van der Waals surface area (Å²) in [7, 11) is 0. The zero-order valence-corrected chi connectivity index (χ0v) is 10.3. The molecule has 0 aliphatic rings. The van der Waals surface area contributed by atoms with Gasteiger partial charge in [0.05, 0.1) is 0 Å². The second-order valence-corrected chi connectivity index (χ2v) is 4.36. The number of rotatable bonds is 5. The van der Waals surface area contributed by atoms with Gasteiger partial charge in [-0.3, -0.25) is 11.3 Å². The van der Waals surface area contributed by atoms with Crippen molar-refractivity contribution in [3.05, 3.63) is 35.9 Å². The predicted molar refractivity (Wildman–Crippen MR) is 61.5 cm³/mol. The Bertz CT molecular complexity index is 387. The molecule has 114 valence electrons. The molecule has 0 heterocycles. The number of nitrogens with one attached hydrogen (secondary N) is 1. The SMILES string of the molecule is NNC(CCc1ccccc1)C(C(F)(F)F)C(F)(F)F. The van der Waals surface area contributed by atoms with Crippen LogP contribution in [-0.2, 0) is 6.42 Å². The van der Waals surface area contributed by atoms with Crippen LogP contribution in [0.2, 0.25) is 0 Å². The summed E-state index contributed by atoms with van der Waals surface area (Å²) < 4.78 is 75.4. The molecule has 8 heteroatoms. The summed E-state index contributed by atoms with van der Waals surface area (Å²) in [4.78, 5) is 0. The van der Waals surface area contributed by atoms with Gasteiger partial charge in [0, 0.05) is 6.04 Å². The van der Waals surface area contributed by atoms with E-state index in [4.69, 9.17) is 5.84 Å². The first-order valence-corrected chi connectivity index (χ1v) is 5.79. The lowest BCUT2D eigenvalue weighted by Crippen LogP contribution is -2.53. The average molecular weight is 300 g/mol. The maximum Gasteiger partial charge on any atom is 0.402 e. The minimum atomic E-state index is -5.40.